The molecule has 0 saturated carbocycles. The van der Waals surface area contributed by atoms with Crippen LogP contribution in [0.5, 0.6) is 17.2 Å². The summed E-state index contributed by atoms with van der Waals surface area (Å²) in [6, 6.07) is 33.1. The molecular formula is C28H26O4. The first kappa shape index (κ1) is 21.5. The van der Waals surface area contributed by atoms with Crippen LogP contribution in [0.25, 0.3) is 0 Å². The molecule has 0 aliphatic carbocycles. The van der Waals surface area contributed by atoms with Crippen LogP contribution in [-0.4, -0.2) is 19.3 Å². The zero-order valence-corrected chi connectivity index (χ0v) is 18.2. The largest absolute Gasteiger partial charge is 0.508 e. The molecule has 0 heterocycles. The first-order valence-electron chi connectivity index (χ1n) is 10.4. The van der Waals surface area contributed by atoms with Gasteiger partial charge in [0.25, 0.3) is 0 Å². The third-order valence-corrected chi connectivity index (χ3v) is 5.54. The van der Waals surface area contributed by atoms with E-state index in [2.05, 4.69) is 12.1 Å². The van der Waals surface area contributed by atoms with Gasteiger partial charge in [0, 0.05) is 0 Å². The summed E-state index contributed by atoms with van der Waals surface area (Å²) in [6.07, 6.45) is 0. The van der Waals surface area contributed by atoms with Gasteiger partial charge in [0.15, 0.2) is 0 Å². The maximum absolute atomic E-state index is 9.93. The molecule has 0 aliphatic rings. The van der Waals surface area contributed by atoms with Gasteiger partial charge >= 0.3 is 0 Å². The van der Waals surface area contributed by atoms with E-state index in [1.807, 2.05) is 78.9 Å². The highest BCUT2D eigenvalue weighted by atomic mass is 16.5. The number of aromatic hydroxyl groups is 1. The molecule has 0 radical (unpaired) electrons. The smallest absolute Gasteiger partial charge is 0.144 e. The van der Waals surface area contributed by atoms with Crippen molar-refractivity contribution >= 4 is 0 Å². The van der Waals surface area contributed by atoms with Crippen molar-refractivity contribution < 1.29 is 19.3 Å². The third kappa shape index (κ3) is 4.32. The Labute approximate surface area is 188 Å². The Kier molecular flexibility index (Phi) is 6.43. The van der Waals surface area contributed by atoms with E-state index in [4.69, 9.17) is 14.2 Å². The van der Waals surface area contributed by atoms with Crippen molar-refractivity contribution in [3.05, 3.63) is 125 Å². The molecule has 0 amide bonds. The van der Waals surface area contributed by atoms with Crippen molar-refractivity contribution in [3.63, 3.8) is 0 Å². The number of methoxy groups -OCH3 is 2. The standard InChI is InChI=1S/C28H26O4/c1-30-26-15-11-23(12-16-26)28(22-8-4-3-5-9-22,24-13-17-27(31-2)18-14-24)32-20-21-7-6-10-25(29)19-21/h3-19,29H,20H2,1-2H3. The maximum atomic E-state index is 9.93. The van der Waals surface area contributed by atoms with Gasteiger partial charge < -0.3 is 19.3 Å². The average molecular weight is 427 g/mol. The molecule has 4 heteroatoms. The molecule has 0 fully saturated rings. The molecule has 0 bridgehead atoms. The fourth-order valence-electron chi connectivity index (χ4n) is 3.91. The minimum Gasteiger partial charge on any atom is -0.508 e. The van der Waals surface area contributed by atoms with Gasteiger partial charge in [-0.25, -0.2) is 0 Å². The van der Waals surface area contributed by atoms with Crippen LogP contribution in [0.4, 0.5) is 0 Å². The van der Waals surface area contributed by atoms with Crippen LogP contribution >= 0.6 is 0 Å². The van der Waals surface area contributed by atoms with Gasteiger partial charge in [-0.3, -0.25) is 0 Å². The zero-order valence-electron chi connectivity index (χ0n) is 18.2. The van der Waals surface area contributed by atoms with Crippen molar-refractivity contribution in [2.24, 2.45) is 0 Å². The molecule has 4 aromatic carbocycles. The molecule has 4 aromatic rings. The maximum Gasteiger partial charge on any atom is 0.144 e. The first-order valence-corrected chi connectivity index (χ1v) is 10.4. The molecule has 0 saturated heterocycles. The van der Waals surface area contributed by atoms with Crippen LogP contribution in [0.3, 0.4) is 0 Å². The predicted molar refractivity (Wildman–Crippen MR) is 125 cm³/mol. The Morgan fingerprint density at radius 2 is 1.16 bits per heavy atom. The molecule has 0 unspecified atom stereocenters. The lowest BCUT2D eigenvalue weighted by atomic mass is 9.80. The van der Waals surface area contributed by atoms with E-state index in [9.17, 15) is 5.11 Å². The fourth-order valence-corrected chi connectivity index (χ4v) is 3.91. The highest BCUT2D eigenvalue weighted by molar-refractivity contribution is 5.49. The highest BCUT2D eigenvalue weighted by Crippen LogP contribution is 2.42. The lowest BCUT2D eigenvalue weighted by Crippen LogP contribution is -2.32. The fraction of sp³-hybridized carbons (Fsp3) is 0.143. The van der Waals surface area contributed by atoms with Gasteiger partial charge in [-0.1, -0.05) is 66.7 Å². The van der Waals surface area contributed by atoms with E-state index in [-0.39, 0.29) is 5.75 Å². The van der Waals surface area contributed by atoms with E-state index >= 15 is 0 Å². The van der Waals surface area contributed by atoms with Crippen molar-refractivity contribution in [2.75, 3.05) is 14.2 Å². The highest BCUT2D eigenvalue weighted by Gasteiger charge is 2.37. The molecule has 32 heavy (non-hydrogen) atoms. The summed E-state index contributed by atoms with van der Waals surface area (Å²) < 4.78 is 17.5. The lowest BCUT2D eigenvalue weighted by molar-refractivity contribution is 0.000126. The second-order valence-electron chi connectivity index (χ2n) is 7.46. The number of phenolic OH excluding ortho intramolecular Hbond substituents is 1. The summed E-state index contributed by atoms with van der Waals surface area (Å²) in [5.41, 5.74) is 2.93. The van der Waals surface area contributed by atoms with Crippen LogP contribution in [-0.2, 0) is 16.9 Å². The number of hydrogen-bond acceptors (Lipinski definition) is 4. The van der Waals surface area contributed by atoms with Gasteiger partial charge in [0.05, 0.1) is 20.8 Å². The Hall–Kier alpha value is -3.76. The van der Waals surface area contributed by atoms with Crippen molar-refractivity contribution in [2.45, 2.75) is 12.2 Å². The predicted octanol–water partition coefficient (Wildman–Crippen LogP) is 5.92. The molecule has 0 aromatic heterocycles. The topological polar surface area (TPSA) is 47.9 Å². The van der Waals surface area contributed by atoms with E-state index in [1.54, 1.807) is 26.4 Å². The quantitative estimate of drug-likeness (QED) is 0.355. The van der Waals surface area contributed by atoms with E-state index in [1.165, 1.54) is 0 Å². The monoisotopic (exact) mass is 426 g/mol. The molecule has 162 valence electrons. The lowest BCUT2D eigenvalue weighted by Gasteiger charge is -2.36. The second kappa shape index (κ2) is 9.58. The van der Waals surface area contributed by atoms with E-state index < -0.39 is 5.60 Å². The van der Waals surface area contributed by atoms with Gasteiger partial charge in [-0.15, -0.1) is 0 Å². The first-order chi connectivity index (χ1) is 15.7. The Bertz CT molecular complexity index is 1090. The summed E-state index contributed by atoms with van der Waals surface area (Å²) in [5.74, 6) is 1.77. The Morgan fingerprint density at radius 1 is 0.625 bits per heavy atom. The number of hydrogen-bond donors (Lipinski definition) is 1. The van der Waals surface area contributed by atoms with Crippen LogP contribution in [0.1, 0.15) is 22.3 Å². The molecule has 0 aliphatic heterocycles. The van der Waals surface area contributed by atoms with Gasteiger partial charge in [0.1, 0.15) is 22.8 Å². The van der Waals surface area contributed by atoms with Gasteiger partial charge in [-0.05, 0) is 58.7 Å². The Balaban J connectivity index is 1.89. The number of benzene rings is 4. The summed E-state index contributed by atoms with van der Waals surface area (Å²) >= 11 is 0. The molecule has 0 spiro atoms. The number of phenols is 1. The average Bonchev–Trinajstić information content (AvgIpc) is 2.86. The van der Waals surface area contributed by atoms with E-state index in [0.29, 0.717) is 6.61 Å². The summed E-state index contributed by atoms with van der Waals surface area (Å²) in [6.45, 7) is 0.307. The molecular weight excluding hydrogens is 400 g/mol. The molecule has 4 nitrogen and oxygen atoms in total. The number of ether oxygens (including phenoxy) is 3. The van der Waals surface area contributed by atoms with Crippen molar-refractivity contribution in [3.8, 4) is 17.2 Å². The minimum atomic E-state index is -0.884. The van der Waals surface area contributed by atoms with Gasteiger partial charge in [-0.2, -0.15) is 0 Å². The van der Waals surface area contributed by atoms with Crippen molar-refractivity contribution in [1.29, 1.82) is 0 Å². The van der Waals surface area contributed by atoms with Crippen LogP contribution in [0.15, 0.2) is 103 Å². The second-order valence-corrected chi connectivity index (χ2v) is 7.46. The molecule has 4 rings (SSSR count). The van der Waals surface area contributed by atoms with Crippen LogP contribution < -0.4 is 9.47 Å². The molecule has 1 N–H and O–H groups in total. The third-order valence-electron chi connectivity index (χ3n) is 5.54. The minimum absolute atomic E-state index is 0.213. The van der Waals surface area contributed by atoms with Gasteiger partial charge in [0.2, 0.25) is 0 Å². The van der Waals surface area contributed by atoms with E-state index in [0.717, 1.165) is 33.8 Å². The summed E-state index contributed by atoms with van der Waals surface area (Å²) in [5, 5.41) is 9.93. The summed E-state index contributed by atoms with van der Waals surface area (Å²) in [7, 11) is 3.31. The SMILES string of the molecule is COc1ccc(C(OCc2cccc(O)c2)(c2ccccc2)c2ccc(OC)cc2)cc1. The van der Waals surface area contributed by atoms with Crippen LogP contribution in [0.2, 0.25) is 0 Å². The normalized spacial score (nSPS) is 11.2. The number of rotatable bonds is 8. The Morgan fingerprint density at radius 3 is 1.66 bits per heavy atom. The zero-order chi connectivity index (χ0) is 22.4. The van der Waals surface area contributed by atoms with Crippen LogP contribution in [0, 0.1) is 0 Å². The summed E-state index contributed by atoms with van der Waals surface area (Å²) in [4.78, 5) is 0. The molecule has 0 atom stereocenters. The van der Waals surface area contributed by atoms with Crippen molar-refractivity contribution in [1.82, 2.24) is 0 Å².